The van der Waals surface area contributed by atoms with Gasteiger partial charge < -0.3 is 15.5 Å². The Bertz CT molecular complexity index is 1280. The molecule has 6 rings (SSSR count). The van der Waals surface area contributed by atoms with Crippen molar-refractivity contribution in [2.24, 2.45) is 11.8 Å². The van der Waals surface area contributed by atoms with E-state index in [-0.39, 0.29) is 41.8 Å². The van der Waals surface area contributed by atoms with Gasteiger partial charge in [-0.15, -0.1) is 0 Å². The van der Waals surface area contributed by atoms with Gasteiger partial charge in [0, 0.05) is 34.8 Å². The van der Waals surface area contributed by atoms with Crippen molar-refractivity contribution >= 4 is 29.1 Å². The van der Waals surface area contributed by atoms with Crippen molar-refractivity contribution < 1.29 is 9.59 Å². The minimum atomic E-state index is -0.207. The quantitative estimate of drug-likeness (QED) is 0.425. The molecule has 1 saturated carbocycles. The van der Waals surface area contributed by atoms with Crippen molar-refractivity contribution in [3.8, 4) is 0 Å². The van der Waals surface area contributed by atoms with Gasteiger partial charge in [-0.05, 0) is 54.7 Å². The highest BCUT2D eigenvalue weighted by atomic mass is 35.5. The van der Waals surface area contributed by atoms with Crippen LogP contribution in [-0.2, 0) is 4.79 Å². The van der Waals surface area contributed by atoms with Crippen LogP contribution >= 0.6 is 11.6 Å². The number of fused-ring (bicyclic) bond motifs is 3. The molecule has 1 saturated heterocycles. The molecule has 190 valence electrons. The highest BCUT2D eigenvalue weighted by Gasteiger charge is 2.48. The van der Waals surface area contributed by atoms with E-state index in [1.807, 2.05) is 48.5 Å². The Morgan fingerprint density at radius 2 is 1.62 bits per heavy atom. The van der Waals surface area contributed by atoms with Gasteiger partial charge in [-0.1, -0.05) is 79.0 Å². The molecule has 5 nitrogen and oxygen atoms in total. The molecule has 0 unspecified atom stereocenters. The molecule has 2 fully saturated rings. The third kappa shape index (κ3) is 4.61. The van der Waals surface area contributed by atoms with Crippen LogP contribution in [0.4, 0.5) is 5.69 Å². The van der Waals surface area contributed by atoms with E-state index in [1.54, 1.807) is 0 Å². The predicted molar refractivity (Wildman–Crippen MR) is 146 cm³/mol. The number of rotatable bonds is 4. The summed E-state index contributed by atoms with van der Waals surface area (Å²) in [7, 11) is 0. The van der Waals surface area contributed by atoms with Crippen LogP contribution in [0.1, 0.15) is 65.7 Å². The molecule has 2 heterocycles. The van der Waals surface area contributed by atoms with Crippen LogP contribution in [0.3, 0.4) is 0 Å². The third-order valence-electron chi connectivity index (χ3n) is 8.40. The Morgan fingerprint density at radius 1 is 0.892 bits per heavy atom. The number of amides is 2. The molecule has 5 atom stereocenters. The van der Waals surface area contributed by atoms with E-state index < -0.39 is 0 Å². The zero-order chi connectivity index (χ0) is 25.4. The van der Waals surface area contributed by atoms with E-state index in [1.165, 1.54) is 5.56 Å². The lowest BCUT2D eigenvalue weighted by Gasteiger charge is -2.42. The number of carbonyl (C=O) groups is 2. The van der Waals surface area contributed by atoms with Crippen molar-refractivity contribution in [1.29, 1.82) is 0 Å². The van der Waals surface area contributed by atoms with Crippen LogP contribution in [0.25, 0.3) is 0 Å². The molecule has 2 aliphatic heterocycles. The Hall–Kier alpha value is -3.31. The summed E-state index contributed by atoms with van der Waals surface area (Å²) < 4.78 is 0. The fraction of sp³-hybridized carbons (Fsp3) is 0.355. The molecule has 0 aromatic heterocycles. The highest BCUT2D eigenvalue weighted by molar-refractivity contribution is 6.30. The number of nitrogens with zero attached hydrogens (tertiary/aromatic N) is 1. The molecule has 6 heteroatoms. The van der Waals surface area contributed by atoms with Gasteiger partial charge in [0.2, 0.25) is 5.91 Å². The van der Waals surface area contributed by atoms with E-state index in [9.17, 15) is 9.59 Å². The van der Waals surface area contributed by atoms with E-state index in [4.69, 9.17) is 11.6 Å². The summed E-state index contributed by atoms with van der Waals surface area (Å²) >= 11 is 6.39. The van der Waals surface area contributed by atoms with E-state index >= 15 is 0 Å². The first kappa shape index (κ1) is 24.1. The minimum Gasteiger partial charge on any atom is -0.378 e. The first-order valence-corrected chi connectivity index (χ1v) is 13.8. The zero-order valence-electron chi connectivity index (χ0n) is 20.8. The number of nitrogens with one attached hydrogen (secondary N) is 2. The highest BCUT2D eigenvalue weighted by Crippen LogP contribution is 2.52. The van der Waals surface area contributed by atoms with Crippen LogP contribution in [0.2, 0.25) is 5.02 Å². The van der Waals surface area contributed by atoms with Crippen LogP contribution in [0, 0.1) is 11.8 Å². The van der Waals surface area contributed by atoms with Gasteiger partial charge in [0.25, 0.3) is 5.91 Å². The van der Waals surface area contributed by atoms with Crippen LogP contribution < -0.4 is 10.6 Å². The Labute approximate surface area is 223 Å². The lowest BCUT2D eigenvalue weighted by atomic mass is 9.79. The van der Waals surface area contributed by atoms with Crippen LogP contribution in [0.5, 0.6) is 0 Å². The Kier molecular flexibility index (Phi) is 6.64. The van der Waals surface area contributed by atoms with Gasteiger partial charge in [-0.2, -0.15) is 0 Å². The number of hydrogen-bond donors (Lipinski definition) is 2. The van der Waals surface area contributed by atoms with Gasteiger partial charge >= 0.3 is 0 Å². The number of anilines is 1. The summed E-state index contributed by atoms with van der Waals surface area (Å²) in [5.41, 5.74) is 3.99. The first-order chi connectivity index (χ1) is 18.1. The molecule has 1 aliphatic carbocycles. The topological polar surface area (TPSA) is 61.4 Å². The summed E-state index contributed by atoms with van der Waals surface area (Å²) in [4.78, 5) is 29.3. The maximum absolute atomic E-state index is 14.2. The standard InChI is InChI=1S/C31H32ClN3O2/c32-22-15-16-23-27(19-22)33-28(20-9-3-1-4-10-20)25-17-18-35(29(23)25)31(37)24-13-7-8-14-26(24)34-30(36)21-11-5-2-6-12-21/h1-6,9-12,15-16,19,24-26,28-29,33H,7-8,13-14,17-18H2,(H,34,36)/t24-,25+,26+,28-,29-/m0/s1. The van der Waals surface area contributed by atoms with Gasteiger partial charge in [0.1, 0.15) is 0 Å². The molecule has 3 aliphatic rings. The second-order valence-corrected chi connectivity index (χ2v) is 11.0. The molecule has 37 heavy (non-hydrogen) atoms. The number of halogens is 1. The zero-order valence-corrected chi connectivity index (χ0v) is 21.5. The first-order valence-electron chi connectivity index (χ1n) is 13.4. The number of benzene rings is 3. The Morgan fingerprint density at radius 3 is 2.41 bits per heavy atom. The second kappa shape index (κ2) is 10.2. The van der Waals surface area contributed by atoms with Crippen LogP contribution in [0.15, 0.2) is 78.9 Å². The molecule has 3 aromatic rings. The lowest BCUT2D eigenvalue weighted by Crippen LogP contribution is -2.50. The SMILES string of the molecule is O=C(N[C@@H]1CCCC[C@@H]1C(=O)N1CC[C@@H]2[C@H](c3ccccc3)Nc3cc(Cl)ccc3[C@@H]21)c1ccccc1. The smallest absolute Gasteiger partial charge is 0.251 e. The average molecular weight is 514 g/mol. The fourth-order valence-electron chi connectivity index (χ4n) is 6.64. The summed E-state index contributed by atoms with van der Waals surface area (Å²) in [6, 6.07) is 25.7. The van der Waals surface area contributed by atoms with Crippen molar-refractivity contribution in [2.45, 2.75) is 50.2 Å². The molecule has 0 radical (unpaired) electrons. The Balaban J connectivity index is 1.29. The van der Waals surface area contributed by atoms with E-state index in [2.05, 4.69) is 45.9 Å². The lowest BCUT2D eigenvalue weighted by molar-refractivity contribution is -0.138. The predicted octanol–water partition coefficient (Wildman–Crippen LogP) is 6.39. The number of carbonyl (C=O) groups excluding carboxylic acids is 2. The maximum Gasteiger partial charge on any atom is 0.251 e. The maximum atomic E-state index is 14.2. The number of likely N-dealkylation sites (tertiary alicyclic amines) is 1. The summed E-state index contributed by atoms with van der Waals surface area (Å²) in [6.45, 7) is 0.719. The van der Waals surface area contributed by atoms with Gasteiger partial charge in [-0.25, -0.2) is 0 Å². The third-order valence-corrected chi connectivity index (χ3v) is 8.63. The normalized spacial score (nSPS) is 26.5. The van der Waals surface area contributed by atoms with Crippen molar-refractivity contribution in [1.82, 2.24) is 10.2 Å². The second-order valence-electron chi connectivity index (χ2n) is 10.5. The van der Waals surface area contributed by atoms with Gasteiger partial charge in [0.05, 0.1) is 18.0 Å². The summed E-state index contributed by atoms with van der Waals surface area (Å²) in [5, 5.41) is 7.63. The molecule has 2 N–H and O–H groups in total. The van der Waals surface area contributed by atoms with Crippen LogP contribution in [-0.4, -0.2) is 29.3 Å². The molecular weight excluding hydrogens is 482 g/mol. The minimum absolute atomic E-state index is 0.0152. The fourth-order valence-corrected chi connectivity index (χ4v) is 6.81. The van der Waals surface area contributed by atoms with Gasteiger partial charge in [-0.3, -0.25) is 9.59 Å². The molecular formula is C31H32ClN3O2. The van der Waals surface area contributed by atoms with Crippen molar-refractivity contribution in [3.63, 3.8) is 0 Å². The molecule has 3 aromatic carbocycles. The molecule has 0 spiro atoms. The van der Waals surface area contributed by atoms with Crippen molar-refractivity contribution in [2.75, 3.05) is 11.9 Å². The molecule has 0 bridgehead atoms. The molecule has 2 amide bonds. The van der Waals surface area contributed by atoms with Crippen molar-refractivity contribution in [3.05, 3.63) is 101 Å². The average Bonchev–Trinajstić information content (AvgIpc) is 3.39. The summed E-state index contributed by atoms with van der Waals surface area (Å²) in [6.07, 6.45) is 4.60. The number of hydrogen-bond acceptors (Lipinski definition) is 3. The monoisotopic (exact) mass is 513 g/mol. The van der Waals surface area contributed by atoms with Gasteiger partial charge in [0.15, 0.2) is 0 Å². The van der Waals surface area contributed by atoms with E-state index in [0.717, 1.165) is 49.9 Å². The largest absolute Gasteiger partial charge is 0.378 e. The summed E-state index contributed by atoms with van der Waals surface area (Å²) in [5.74, 6) is 0.123. The van der Waals surface area contributed by atoms with E-state index in [0.29, 0.717) is 10.6 Å².